The molecule has 3 nitrogen and oxygen atoms in total. The van der Waals surface area contributed by atoms with E-state index in [1.807, 2.05) is 13.0 Å². The maximum absolute atomic E-state index is 11.3. The van der Waals surface area contributed by atoms with Gasteiger partial charge in [-0.2, -0.15) is 0 Å². The van der Waals surface area contributed by atoms with E-state index >= 15 is 0 Å². The van der Waals surface area contributed by atoms with Crippen LogP contribution in [0.5, 0.6) is 0 Å². The van der Waals surface area contributed by atoms with Crippen LogP contribution in [0.25, 0.3) is 0 Å². The highest BCUT2D eigenvalue weighted by Crippen LogP contribution is 2.36. The Labute approximate surface area is 105 Å². The van der Waals surface area contributed by atoms with Crippen LogP contribution in [0.2, 0.25) is 0 Å². The minimum atomic E-state index is -0.207. The highest BCUT2D eigenvalue weighted by atomic mass is 16.5. The van der Waals surface area contributed by atoms with Crippen molar-refractivity contribution in [3.8, 4) is 0 Å². The van der Waals surface area contributed by atoms with Crippen LogP contribution < -0.4 is 5.32 Å². The van der Waals surface area contributed by atoms with E-state index in [1.54, 1.807) is 0 Å². The van der Waals surface area contributed by atoms with Crippen LogP contribution in [-0.2, 0) is 9.53 Å². The quantitative estimate of drug-likeness (QED) is 0.440. The van der Waals surface area contributed by atoms with Crippen molar-refractivity contribution < 1.29 is 9.53 Å². The van der Waals surface area contributed by atoms with E-state index in [9.17, 15) is 4.79 Å². The molecule has 0 aromatic heterocycles. The number of hydrogen-bond donors (Lipinski definition) is 1. The van der Waals surface area contributed by atoms with Crippen molar-refractivity contribution in [1.82, 2.24) is 5.32 Å². The summed E-state index contributed by atoms with van der Waals surface area (Å²) in [4.78, 5) is 11.3. The highest BCUT2D eigenvalue weighted by Gasteiger charge is 2.27. The lowest BCUT2D eigenvalue weighted by Gasteiger charge is -2.23. The number of ether oxygens (including phenoxy) is 1. The van der Waals surface area contributed by atoms with Crippen molar-refractivity contribution in [3.63, 3.8) is 0 Å². The van der Waals surface area contributed by atoms with Gasteiger partial charge in [0.2, 0.25) is 0 Å². The van der Waals surface area contributed by atoms with E-state index < -0.39 is 0 Å². The molecule has 0 amide bonds. The third-order valence-corrected chi connectivity index (χ3v) is 3.68. The van der Waals surface area contributed by atoms with Gasteiger partial charge in [-0.15, -0.1) is 0 Å². The van der Waals surface area contributed by atoms with E-state index in [0.717, 1.165) is 25.1 Å². The summed E-state index contributed by atoms with van der Waals surface area (Å²) in [7, 11) is 1.43. The molecule has 0 bridgehead atoms. The molecule has 0 heterocycles. The van der Waals surface area contributed by atoms with Gasteiger partial charge in [-0.25, -0.2) is 4.79 Å². The first-order valence-corrected chi connectivity index (χ1v) is 6.59. The first kappa shape index (κ1) is 14.2. The van der Waals surface area contributed by atoms with Crippen LogP contribution in [0.4, 0.5) is 0 Å². The molecule has 1 aliphatic carbocycles. The standard InChI is InChI=1S/C14H25NO2/c1-4-12(13(16)17-3)7-10-15-11-14(2)8-5-6-9-14/h7,15H,4-6,8-11H2,1-3H3. The Balaban J connectivity index is 2.30. The lowest BCUT2D eigenvalue weighted by atomic mass is 9.89. The summed E-state index contributed by atoms with van der Waals surface area (Å²) in [5.74, 6) is -0.207. The molecule has 0 spiro atoms. The number of esters is 1. The Morgan fingerprint density at radius 2 is 2.06 bits per heavy atom. The molecule has 0 unspecified atom stereocenters. The van der Waals surface area contributed by atoms with Gasteiger partial charge in [0.1, 0.15) is 0 Å². The van der Waals surface area contributed by atoms with Gasteiger partial charge < -0.3 is 10.1 Å². The molecule has 0 aromatic rings. The maximum Gasteiger partial charge on any atom is 0.333 e. The minimum absolute atomic E-state index is 0.207. The average molecular weight is 239 g/mol. The van der Waals surface area contributed by atoms with Crippen molar-refractivity contribution in [3.05, 3.63) is 11.6 Å². The fourth-order valence-electron chi connectivity index (χ4n) is 2.48. The average Bonchev–Trinajstić information content (AvgIpc) is 2.76. The Morgan fingerprint density at radius 1 is 1.41 bits per heavy atom. The van der Waals surface area contributed by atoms with Crippen molar-refractivity contribution in [2.24, 2.45) is 5.41 Å². The molecule has 1 N–H and O–H groups in total. The molecule has 0 radical (unpaired) electrons. The lowest BCUT2D eigenvalue weighted by Crippen LogP contribution is -2.29. The molecule has 1 rings (SSSR count). The van der Waals surface area contributed by atoms with Crippen molar-refractivity contribution >= 4 is 5.97 Å². The summed E-state index contributed by atoms with van der Waals surface area (Å²) in [5, 5.41) is 3.43. The van der Waals surface area contributed by atoms with E-state index in [2.05, 4.69) is 12.2 Å². The van der Waals surface area contributed by atoms with E-state index in [0.29, 0.717) is 5.41 Å². The molecule has 98 valence electrons. The molecule has 3 heteroatoms. The number of hydrogen-bond acceptors (Lipinski definition) is 3. The Bertz CT molecular complexity index is 278. The molecule has 0 aromatic carbocycles. The molecule has 0 aliphatic heterocycles. The molecular formula is C14H25NO2. The number of carbonyl (C=O) groups excluding carboxylic acids is 1. The van der Waals surface area contributed by atoms with Crippen LogP contribution >= 0.6 is 0 Å². The van der Waals surface area contributed by atoms with Crippen molar-refractivity contribution in [1.29, 1.82) is 0 Å². The maximum atomic E-state index is 11.3. The number of nitrogens with one attached hydrogen (secondary N) is 1. The Hall–Kier alpha value is -0.830. The van der Waals surface area contributed by atoms with Crippen molar-refractivity contribution in [2.45, 2.75) is 46.0 Å². The number of carbonyl (C=O) groups is 1. The Kier molecular flexibility index (Phi) is 5.69. The zero-order valence-electron chi connectivity index (χ0n) is 11.3. The first-order valence-electron chi connectivity index (χ1n) is 6.59. The number of methoxy groups -OCH3 is 1. The molecule has 1 fully saturated rings. The third kappa shape index (κ3) is 4.50. The molecule has 17 heavy (non-hydrogen) atoms. The van der Waals surface area contributed by atoms with Crippen molar-refractivity contribution in [2.75, 3.05) is 20.2 Å². The number of rotatable bonds is 6. The van der Waals surface area contributed by atoms with Gasteiger partial charge in [-0.05, 0) is 24.7 Å². The first-order chi connectivity index (χ1) is 8.11. The van der Waals surface area contributed by atoms with Gasteiger partial charge in [-0.1, -0.05) is 32.8 Å². The fraction of sp³-hybridized carbons (Fsp3) is 0.786. The lowest BCUT2D eigenvalue weighted by molar-refractivity contribution is -0.136. The SMILES string of the molecule is CCC(=CCNCC1(C)CCCC1)C(=O)OC. The molecular weight excluding hydrogens is 214 g/mol. The normalized spacial score (nSPS) is 19.4. The zero-order chi connectivity index (χ0) is 12.7. The second-order valence-corrected chi connectivity index (χ2v) is 5.22. The minimum Gasteiger partial charge on any atom is -0.466 e. The summed E-state index contributed by atoms with van der Waals surface area (Å²) < 4.78 is 4.72. The smallest absolute Gasteiger partial charge is 0.333 e. The van der Waals surface area contributed by atoms with Gasteiger partial charge in [-0.3, -0.25) is 0 Å². The zero-order valence-corrected chi connectivity index (χ0v) is 11.3. The van der Waals surface area contributed by atoms with Gasteiger partial charge in [0.15, 0.2) is 0 Å². The summed E-state index contributed by atoms with van der Waals surface area (Å²) in [6.45, 7) is 6.12. The molecule has 0 atom stereocenters. The predicted octanol–water partition coefficient (Wildman–Crippen LogP) is 2.67. The summed E-state index contributed by atoms with van der Waals surface area (Å²) in [6.07, 6.45) is 8.03. The van der Waals surface area contributed by atoms with Crippen LogP contribution in [0.1, 0.15) is 46.0 Å². The van der Waals surface area contributed by atoms with Crippen LogP contribution in [0.15, 0.2) is 11.6 Å². The van der Waals surface area contributed by atoms with Crippen LogP contribution in [-0.4, -0.2) is 26.2 Å². The monoisotopic (exact) mass is 239 g/mol. The second kappa shape index (κ2) is 6.80. The van der Waals surface area contributed by atoms with E-state index in [-0.39, 0.29) is 5.97 Å². The van der Waals surface area contributed by atoms with Gasteiger partial charge in [0.25, 0.3) is 0 Å². The largest absolute Gasteiger partial charge is 0.466 e. The molecule has 1 aliphatic rings. The fourth-order valence-corrected chi connectivity index (χ4v) is 2.48. The topological polar surface area (TPSA) is 38.3 Å². The Morgan fingerprint density at radius 3 is 2.59 bits per heavy atom. The molecule has 1 saturated carbocycles. The predicted molar refractivity (Wildman–Crippen MR) is 69.8 cm³/mol. The van der Waals surface area contributed by atoms with Crippen LogP contribution in [0, 0.1) is 5.41 Å². The van der Waals surface area contributed by atoms with Gasteiger partial charge >= 0.3 is 5.97 Å². The second-order valence-electron chi connectivity index (χ2n) is 5.22. The van der Waals surface area contributed by atoms with Crippen LogP contribution in [0.3, 0.4) is 0 Å². The molecule has 0 saturated heterocycles. The summed E-state index contributed by atoms with van der Waals surface area (Å²) in [5.41, 5.74) is 1.22. The van der Waals surface area contributed by atoms with Gasteiger partial charge in [0.05, 0.1) is 7.11 Å². The highest BCUT2D eigenvalue weighted by molar-refractivity contribution is 5.88. The summed E-state index contributed by atoms with van der Waals surface area (Å²) in [6, 6.07) is 0. The third-order valence-electron chi connectivity index (χ3n) is 3.68. The summed E-state index contributed by atoms with van der Waals surface area (Å²) >= 11 is 0. The van der Waals surface area contributed by atoms with E-state index in [4.69, 9.17) is 4.74 Å². The van der Waals surface area contributed by atoms with E-state index in [1.165, 1.54) is 32.8 Å². The van der Waals surface area contributed by atoms with Gasteiger partial charge in [0, 0.05) is 18.7 Å².